The molecule has 1 saturated heterocycles. The van der Waals surface area contributed by atoms with Gasteiger partial charge in [0.05, 0.1) is 12.2 Å². The molecular weight excluding hydrogens is 212 g/mol. The summed E-state index contributed by atoms with van der Waals surface area (Å²) < 4.78 is 0. The predicted molar refractivity (Wildman–Crippen MR) is 69.5 cm³/mol. The van der Waals surface area contributed by atoms with Crippen LogP contribution in [0, 0.1) is 11.8 Å². The summed E-state index contributed by atoms with van der Waals surface area (Å²) in [6.07, 6.45) is 6.23. The number of hydrogen-bond acceptors (Lipinski definition) is 2. The van der Waals surface area contributed by atoms with Crippen LogP contribution in [-0.4, -0.2) is 29.6 Å². The second-order valence-electron chi connectivity index (χ2n) is 5.77. The fraction of sp³-hybridized carbons (Fsp3) is 0.929. The lowest BCUT2D eigenvalue weighted by atomic mass is 9.99. The van der Waals surface area contributed by atoms with Crippen molar-refractivity contribution < 1.29 is 4.79 Å². The van der Waals surface area contributed by atoms with Crippen LogP contribution in [0.2, 0.25) is 0 Å². The molecule has 3 unspecified atom stereocenters. The van der Waals surface area contributed by atoms with Gasteiger partial charge < -0.3 is 4.90 Å². The average molecular weight is 238 g/mol. The van der Waals surface area contributed by atoms with Gasteiger partial charge in [0.2, 0.25) is 5.91 Å². The minimum Gasteiger partial charge on any atom is -0.326 e. The zero-order chi connectivity index (χ0) is 12.4. The van der Waals surface area contributed by atoms with Crippen LogP contribution in [0.25, 0.3) is 0 Å². The maximum absolute atomic E-state index is 12.4. The Hall–Kier alpha value is -0.570. The van der Waals surface area contributed by atoms with E-state index in [-0.39, 0.29) is 6.04 Å². The van der Waals surface area contributed by atoms with Gasteiger partial charge in [0.15, 0.2) is 0 Å². The molecule has 17 heavy (non-hydrogen) atoms. The topological polar surface area (TPSA) is 32.3 Å². The fourth-order valence-electron chi connectivity index (χ4n) is 2.65. The van der Waals surface area contributed by atoms with Gasteiger partial charge in [-0.1, -0.05) is 33.6 Å². The molecule has 1 aliphatic heterocycles. The monoisotopic (exact) mass is 238 g/mol. The van der Waals surface area contributed by atoms with E-state index in [0.717, 1.165) is 31.7 Å². The maximum atomic E-state index is 12.4. The van der Waals surface area contributed by atoms with Crippen molar-refractivity contribution in [2.75, 3.05) is 6.54 Å². The Morgan fingerprint density at radius 2 is 2.12 bits per heavy atom. The van der Waals surface area contributed by atoms with E-state index in [1.54, 1.807) is 0 Å². The van der Waals surface area contributed by atoms with E-state index >= 15 is 0 Å². The summed E-state index contributed by atoms with van der Waals surface area (Å²) in [6.45, 7) is 7.53. The quantitative estimate of drug-likeness (QED) is 0.770. The summed E-state index contributed by atoms with van der Waals surface area (Å²) in [5.74, 6) is 1.59. The highest BCUT2D eigenvalue weighted by Gasteiger charge is 2.42. The molecule has 2 aliphatic rings. The van der Waals surface area contributed by atoms with Crippen LogP contribution >= 0.6 is 0 Å². The lowest BCUT2D eigenvalue weighted by Gasteiger charge is -2.23. The maximum Gasteiger partial charge on any atom is 0.241 e. The van der Waals surface area contributed by atoms with E-state index in [1.807, 2.05) is 0 Å². The average Bonchev–Trinajstić information content (AvgIpc) is 3.08. The first kappa shape index (κ1) is 12.9. The lowest BCUT2D eigenvalue weighted by molar-refractivity contribution is -0.131. The zero-order valence-electron chi connectivity index (χ0n) is 11.4. The molecule has 0 radical (unpaired) electrons. The molecule has 3 heteroatoms. The van der Waals surface area contributed by atoms with Crippen LogP contribution in [0.3, 0.4) is 0 Å². The van der Waals surface area contributed by atoms with Gasteiger partial charge in [0.1, 0.15) is 0 Å². The normalized spacial score (nSPS) is 31.0. The van der Waals surface area contributed by atoms with E-state index < -0.39 is 0 Å². The summed E-state index contributed by atoms with van der Waals surface area (Å²) >= 11 is 0. The highest BCUT2D eigenvalue weighted by atomic mass is 16.2. The van der Waals surface area contributed by atoms with Crippen molar-refractivity contribution in [1.82, 2.24) is 10.2 Å². The van der Waals surface area contributed by atoms with Gasteiger partial charge >= 0.3 is 0 Å². The number of nitrogens with zero attached hydrogens (tertiary/aromatic N) is 1. The first-order valence-electron chi connectivity index (χ1n) is 7.23. The summed E-state index contributed by atoms with van der Waals surface area (Å²) in [5.41, 5.74) is 0. The lowest BCUT2D eigenvalue weighted by Crippen LogP contribution is -2.38. The van der Waals surface area contributed by atoms with Gasteiger partial charge in [-0.25, -0.2) is 0 Å². The second kappa shape index (κ2) is 5.38. The van der Waals surface area contributed by atoms with E-state index in [1.165, 1.54) is 12.8 Å². The molecule has 98 valence electrons. The largest absolute Gasteiger partial charge is 0.326 e. The number of hydrogen-bond donors (Lipinski definition) is 1. The van der Waals surface area contributed by atoms with Crippen molar-refractivity contribution in [2.45, 2.75) is 65.1 Å². The molecule has 1 amide bonds. The highest BCUT2D eigenvalue weighted by Crippen LogP contribution is 2.32. The van der Waals surface area contributed by atoms with Crippen LogP contribution in [0.1, 0.15) is 52.9 Å². The Morgan fingerprint density at radius 3 is 2.65 bits per heavy atom. The second-order valence-corrected chi connectivity index (χ2v) is 5.77. The molecular formula is C14H26N2O. The first-order chi connectivity index (χ1) is 8.17. The van der Waals surface area contributed by atoms with E-state index in [0.29, 0.717) is 18.0 Å². The Kier molecular flexibility index (Phi) is 4.08. The molecule has 1 heterocycles. The van der Waals surface area contributed by atoms with Crippen molar-refractivity contribution in [1.29, 1.82) is 0 Å². The van der Waals surface area contributed by atoms with Gasteiger partial charge in [0, 0.05) is 6.54 Å². The Morgan fingerprint density at radius 1 is 1.41 bits per heavy atom. The zero-order valence-corrected chi connectivity index (χ0v) is 11.4. The smallest absolute Gasteiger partial charge is 0.241 e. The van der Waals surface area contributed by atoms with Crippen LogP contribution < -0.4 is 5.32 Å². The molecule has 0 aromatic carbocycles. The summed E-state index contributed by atoms with van der Waals surface area (Å²) in [5, 5.41) is 3.55. The van der Waals surface area contributed by atoms with Crippen molar-refractivity contribution >= 4 is 5.91 Å². The Labute approximate surface area is 105 Å². The standard InChI is InChI=1S/C14H26N2O/c1-4-6-12-15-13(10(3)5-2)14(17)16(12)9-11-7-8-11/h10-13,15H,4-9H2,1-3H3. The molecule has 3 atom stereocenters. The van der Waals surface area contributed by atoms with Crippen LogP contribution in [-0.2, 0) is 4.79 Å². The first-order valence-corrected chi connectivity index (χ1v) is 7.23. The molecule has 0 aromatic heterocycles. The molecule has 0 aromatic rings. The van der Waals surface area contributed by atoms with Gasteiger partial charge in [-0.3, -0.25) is 10.1 Å². The molecule has 2 fully saturated rings. The predicted octanol–water partition coefficient (Wildman–Crippen LogP) is 2.37. The van der Waals surface area contributed by atoms with Crippen LogP contribution in [0.4, 0.5) is 0 Å². The van der Waals surface area contributed by atoms with Crippen molar-refractivity contribution in [3.05, 3.63) is 0 Å². The number of amides is 1. The molecule has 0 bridgehead atoms. The van der Waals surface area contributed by atoms with Gasteiger partial charge in [0.25, 0.3) is 0 Å². The molecule has 1 N–H and O–H groups in total. The van der Waals surface area contributed by atoms with Gasteiger partial charge in [-0.15, -0.1) is 0 Å². The van der Waals surface area contributed by atoms with Crippen molar-refractivity contribution in [2.24, 2.45) is 11.8 Å². The molecule has 3 nitrogen and oxygen atoms in total. The molecule has 0 spiro atoms. The summed E-state index contributed by atoms with van der Waals surface area (Å²) in [4.78, 5) is 14.5. The summed E-state index contributed by atoms with van der Waals surface area (Å²) in [7, 11) is 0. The number of carbonyl (C=O) groups excluding carboxylic acids is 1. The minimum atomic E-state index is 0.0651. The number of carbonyl (C=O) groups is 1. The van der Waals surface area contributed by atoms with Gasteiger partial charge in [-0.2, -0.15) is 0 Å². The molecule has 2 rings (SSSR count). The Bertz CT molecular complexity index is 275. The third-order valence-corrected chi connectivity index (χ3v) is 4.22. The third kappa shape index (κ3) is 2.82. The van der Waals surface area contributed by atoms with Crippen LogP contribution in [0.5, 0.6) is 0 Å². The SMILES string of the molecule is CCCC1NC(C(C)CC)C(=O)N1CC1CC1. The fourth-order valence-corrected chi connectivity index (χ4v) is 2.65. The highest BCUT2D eigenvalue weighted by molar-refractivity contribution is 5.84. The Balaban J connectivity index is 2.01. The number of nitrogens with one attached hydrogen (secondary N) is 1. The van der Waals surface area contributed by atoms with E-state index in [9.17, 15) is 4.79 Å². The van der Waals surface area contributed by atoms with Crippen molar-refractivity contribution in [3.8, 4) is 0 Å². The molecule has 1 saturated carbocycles. The third-order valence-electron chi connectivity index (χ3n) is 4.22. The summed E-state index contributed by atoms with van der Waals surface area (Å²) in [6, 6.07) is 0.0651. The molecule has 1 aliphatic carbocycles. The van der Waals surface area contributed by atoms with E-state index in [4.69, 9.17) is 0 Å². The van der Waals surface area contributed by atoms with E-state index in [2.05, 4.69) is 31.0 Å². The minimum absolute atomic E-state index is 0.0651. The van der Waals surface area contributed by atoms with Crippen molar-refractivity contribution in [3.63, 3.8) is 0 Å². The number of rotatable bonds is 6. The van der Waals surface area contributed by atoms with Gasteiger partial charge in [-0.05, 0) is 31.1 Å². The van der Waals surface area contributed by atoms with Crippen LogP contribution in [0.15, 0.2) is 0 Å².